The maximum absolute atomic E-state index is 12.3. The molecule has 3 rings (SSSR count). The summed E-state index contributed by atoms with van der Waals surface area (Å²) < 4.78 is 9.96. The molecule has 1 aromatic carbocycles. The number of H-pyrrole nitrogens is 1. The number of ether oxygens (including phenoxy) is 2. The van der Waals surface area contributed by atoms with Crippen molar-refractivity contribution in [3.8, 4) is 0 Å². The van der Waals surface area contributed by atoms with Gasteiger partial charge in [0, 0.05) is 23.5 Å². The fourth-order valence-electron chi connectivity index (χ4n) is 2.82. The number of fused-ring (bicyclic) bond motifs is 3. The van der Waals surface area contributed by atoms with Gasteiger partial charge < -0.3 is 19.8 Å². The molecule has 0 saturated carbocycles. The van der Waals surface area contributed by atoms with Crippen LogP contribution in [-0.2, 0) is 25.5 Å². The first-order valence-electron chi connectivity index (χ1n) is 7.46. The monoisotopic (exact) mass is 314 g/mol. The number of hydrogen-bond acceptors (Lipinski definition) is 5. The summed E-state index contributed by atoms with van der Waals surface area (Å²) in [6.45, 7) is 2.04. The Hall–Kier alpha value is -2.76. The number of para-hydroxylation sites is 1. The molecule has 0 aliphatic carbocycles. The molecule has 1 aliphatic heterocycles. The Labute approximate surface area is 133 Å². The summed E-state index contributed by atoms with van der Waals surface area (Å²) in [7, 11) is 1.35. The second kappa shape index (κ2) is 6.16. The molecular formula is C17H18N2O4. The van der Waals surface area contributed by atoms with Gasteiger partial charge in [-0.15, -0.1) is 0 Å². The quantitative estimate of drug-likeness (QED) is 0.844. The number of rotatable bonds is 3. The third-order valence-corrected chi connectivity index (χ3v) is 3.90. The van der Waals surface area contributed by atoms with Gasteiger partial charge in [-0.05, 0) is 18.6 Å². The molecule has 0 radical (unpaired) electrons. The Kier molecular flexibility index (Phi) is 4.06. The van der Waals surface area contributed by atoms with Gasteiger partial charge in [-0.3, -0.25) is 0 Å². The summed E-state index contributed by atoms with van der Waals surface area (Å²) in [6, 6.07) is 7.20. The van der Waals surface area contributed by atoms with Crippen molar-refractivity contribution in [3.63, 3.8) is 0 Å². The lowest BCUT2D eigenvalue weighted by Gasteiger charge is -2.12. The fourth-order valence-corrected chi connectivity index (χ4v) is 2.82. The van der Waals surface area contributed by atoms with Crippen LogP contribution in [0.25, 0.3) is 16.5 Å². The van der Waals surface area contributed by atoms with Gasteiger partial charge in [0.15, 0.2) is 0 Å². The van der Waals surface area contributed by atoms with Crippen molar-refractivity contribution in [2.75, 3.05) is 13.7 Å². The molecule has 2 aromatic rings. The lowest BCUT2D eigenvalue weighted by Crippen LogP contribution is -2.35. The van der Waals surface area contributed by atoms with Crippen LogP contribution < -0.4 is 5.32 Å². The maximum atomic E-state index is 12.3. The van der Waals surface area contributed by atoms with Gasteiger partial charge in [0.2, 0.25) is 0 Å². The molecule has 1 aromatic heterocycles. The highest BCUT2D eigenvalue weighted by Gasteiger charge is 2.29. The Morgan fingerprint density at radius 1 is 1.30 bits per heavy atom. The molecule has 1 aliphatic rings. The van der Waals surface area contributed by atoms with E-state index in [0.29, 0.717) is 17.7 Å². The average Bonchev–Trinajstić information content (AvgIpc) is 2.80. The Bertz CT molecular complexity index is 791. The summed E-state index contributed by atoms with van der Waals surface area (Å²) in [4.78, 5) is 27.5. The van der Waals surface area contributed by atoms with E-state index in [1.54, 1.807) is 6.92 Å². The van der Waals surface area contributed by atoms with Crippen molar-refractivity contribution >= 4 is 28.4 Å². The fraction of sp³-hybridized carbons (Fsp3) is 0.294. The van der Waals surface area contributed by atoms with Crippen molar-refractivity contribution in [1.29, 1.82) is 0 Å². The number of methoxy groups -OCH3 is 1. The van der Waals surface area contributed by atoms with Crippen LogP contribution in [0.5, 0.6) is 0 Å². The van der Waals surface area contributed by atoms with Gasteiger partial charge in [0.1, 0.15) is 6.04 Å². The number of aromatic amines is 1. The first-order chi connectivity index (χ1) is 11.2. The molecule has 23 heavy (non-hydrogen) atoms. The topological polar surface area (TPSA) is 80.4 Å². The van der Waals surface area contributed by atoms with Crippen molar-refractivity contribution in [3.05, 3.63) is 41.7 Å². The summed E-state index contributed by atoms with van der Waals surface area (Å²) in [5.41, 5.74) is 2.88. The first kappa shape index (κ1) is 15.1. The van der Waals surface area contributed by atoms with Crippen molar-refractivity contribution < 1.29 is 19.1 Å². The number of carbonyl (C=O) groups is 2. The van der Waals surface area contributed by atoms with Crippen LogP contribution >= 0.6 is 0 Å². The lowest BCUT2D eigenvalue weighted by atomic mass is 10.0. The van der Waals surface area contributed by atoms with Gasteiger partial charge in [-0.25, -0.2) is 9.59 Å². The van der Waals surface area contributed by atoms with Crippen LogP contribution in [-0.4, -0.2) is 36.7 Å². The van der Waals surface area contributed by atoms with Crippen LogP contribution in [0.3, 0.4) is 0 Å². The molecule has 6 nitrogen and oxygen atoms in total. The number of hydrogen-bond donors (Lipinski definition) is 2. The second-order valence-corrected chi connectivity index (χ2v) is 5.25. The maximum Gasteiger partial charge on any atom is 0.341 e. The largest absolute Gasteiger partial charge is 0.467 e. The molecule has 6 heteroatoms. The number of esters is 2. The number of nitrogens with one attached hydrogen (secondary N) is 2. The van der Waals surface area contributed by atoms with Gasteiger partial charge in [-0.1, -0.05) is 18.2 Å². The molecule has 2 heterocycles. The summed E-state index contributed by atoms with van der Waals surface area (Å²) in [5, 5.41) is 3.94. The average molecular weight is 314 g/mol. The zero-order valence-corrected chi connectivity index (χ0v) is 13.0. The predicted molar refractivity (Wildman–Crippen MR) is 85.6 cm³/mol. The number of benzene rings is 1. The van der Waals surface area contributed by atoms with Gasteiger partial charge in [0.25, 0.3) is 0 Å². The summed E-state index contributed by atoms with van der Waals surface area (Å²) in [5.74, 6) is -0.805. The van der Waals surface area contributed by atoms with Gasteiger partial charge in [-0.2, -0.15) is 0 Å². The Morgan fingerprint density at radius 2 is 2.09 bits per heavy atom. The van der Waals surface area contributed by atoms with E-state index in [1.807, 2.05) is 24.3 Å². The van der Waals surface area contributed by atoms with Gasteiger partial charge in [0.05, 0.1) is 25.0 Å². The zero-order chi connectivity index (χ0) is 16.4. The smallest absolute Gasteiger partial charge is 0.341 e. The van der Waals surface area contributed by atoms with Crippen molar-refractivity contribution in [2.24, 2.45) is 0 Å². The van der Waals surface area contributed by atoms with E-state index >= 15 is 0 Å². The van der Waals surface area contributed by atoms with E-state index in [2.05, 4.69) is 10.3 Å². The van der Waals surface area contributed by atoms with Crippen LogP contribution in [0, 0.1) is 0 Å². The highest BCUT2D eigenvalue weighted by atomic mass is 16.5. The van der Waals surface area contributed by atoms with Crippen molar-refractivity contribution in [2.45, 2.75) is 19.4 Å². The zero-order valence-electron chi connectivity index (χ0n) is 13.0. The minimum Gasteiger partial charge on any atom is -0.467 e. The molecular weight excluding hydrogens is 296 g/mol. The van der Waals surface area contributed by atoms with Crippen LogP contribution in [0.4, 0.5) is 0 Å². The minimum atomic E-state index is -0.551. The highest BCUT2D eigenvalue weighted by molar-refractivity contribution is 6.17. The van der Waals surface area contributed by atoms with E-state index in [1.165, 1.54) is 13.3 Å². The van der Waals surface area contributed by atoms with E-state index < -0.39 is 12.0 Å². The number of aromatic nitrogens is 1. The van der Waals surface area contributed by atoms with Gasteiger partial charge >= 0.3 is 11.9 Å². The third kappa shape index (κ3) is 2.67. The molecule has 0 bridgehead atoms. The summed E-state index contributed by atoms with van der Waals surface area (Å²) in [6.07, 6.45) is 1.95. The molecule has 2 N–H and O–H groups in total. The predicted octanol–water partition coefficient (Wildman–Crippen LogP) is 1.76. The minimum absolute atomic E-state index is 0.284. The van der Waals surface area contributed by atoms with Crippen LogP contribution in [0.2, 0.25) is 0 Å². The van der Waals surface area contributed by atoms with Crippen LogP contribution in [0.1, 0.15) is 18.2 Å². The Balaban J connectivity index is 2.14. The van der Waals surface area contributed by atoms with E-state index in [9.17, 15) is 9.59 Å². The third-order valence-electron chi connectivity index (χ3n) is 3.90. The van der Waals surface area contributed by atoms with E-state index in [4.69, 9.17) is 9.47 Å². The SMILES string of the molecule is CCOC(=O)C1=CN[C@H](C(=O)OC)Cc2c1[nH]c1ccccc21. The molecule has 0 spiro atoms. The number of carbonyl (C=O) groups excluding carboxylic acids is 2. The van der Waals surface area contributed by atoms with Crippen molar-refractivity contribution in [1.82, 2.24) is 10.3 Å². The molecule has 0 saturated heterocycles. The van der Waals surface area contributed by atoms with E-state index in [-0.39, 0.29) is 12.6 Å². The van der Waals surface area contributed by atoms with Crippen LogP contribution in [0.15, 0.2) is 30.5 Å². The lowest BCUT2D eigenvalue weighted by molar-refractivity contribution is -0.142. The molecule has 0 unspecified atom stereocenters. The highest BCUT2D eigenvalue weighted by Crippen LogP contribution is 2.31. The molecule has 0 amide bonds. The summed E-state index contributed by atoms with van der Waals surface area (Å²) >= 11 is 0. The van der Waals surface area contributed by atoms with E-state index in [0.717, 1.165) is 16.5 Å². The molecule has 0 fully saturated rings. The second-order valence-electron chi connectivity index (χ2n) is 5.25. The molecule has 120 valence electrons. The standard InChI is InChI=1S/C17H18N2O4/c1-3-23-16(20)12-9-18-14(17(21)22-2)8-11-10-6-4-5-7-13(10)19-15(11)12/h4-7,9,14,18-19H,3,8H2,1-2H3/t14-/m0/s1. The Morgan fingerprint density at radius 3 is 2.83 bits per heavy atom. The molecule has 1 atom stereocenters. The normalized spacial score (nSPS) is 16.8. The first-order valence-corrected chi connectivity index (χ1v) is 7.46.